The second kappa shape index (κ2) is 6.72. The number of rotatable bonds is 6. The Morgan fingerprint density at radius 1 is 1.47 bits per heavy atom. The third-order valence-corrected chi connectivity index (χ3v) is 4.12. The van der Waals surface area contributed by atoms with E-state index in [4.69, 9.17) is 0 Å². The molecule has 0 amide bonds. The molecule has 0 spiro atoms. The van der Waals surface area contributed by atoms with E-state index in [1.807, 2.05) is 0 Å². The summed E-state index contributed by atoms with van der Waals surface area (Å²) in [5, 5.41) is 13.0. The van der Waals surface area contributed by atoms with Crippen LogP contribution in [0.2, 0.25) is 0 Å². The summed E-state index contributed by atoms with van der Waals surface area (Å²) in [4.78, 5) is 2.61. The highest BCUT2D eigenvalue weighted by Gasteiger charge is 2.30. The Hall–Kier alpha value is -0.120. The lowest BCUT2D eigenvalue weighted by Crippen LogP contribution is -2.52. The van der Waals surface area contributed by atoms with Crippen LogP contribution in [0.3, 0.4) is 0 Å². The van der Waals surface area contributed by atoms with Crippen molar-refractivity contribution in [1.29, 1.82) is 0 Å². The first-order valence-electron chi connectivity index (χ1n) is 7.14. The molecule has 3 nitrogen and oxygen atoms in total. The van der Waals surface area contributed by atoms with Crippen molar-refractivity contribution in [3.63, 3.8) is 0 Å². The number of hydrogen-bond donors (Lipinski definition) is 2. The van der Waals surface area contributed by atoms with Gasteiger partial charge in [0, 0.05) is 17.6 Å². The van der Waals surface area contributed by atoms with Crippen molar-refractivity contribution in [2.24, 2.45) is 0 Å². The van der Waals surface area contributed by atoms with Gasteiger partial charge < -0.3 is 10.4 Å². The quantitative estimate of drug-likeness (QED) is 0.748. The van der Waals surface area contributed by atoms with Gasteiger partial charge in [-0.3, -0.25) is 4.90 Å². The number of aliphatic hydroxyl groups is 1. The summed E-state index contributed by atoms with van der Waals surface area (Å²) in [6.07, 6.45) is 5.03. The fourth-order valence-corrected chi connectivity index (χ4v) is 3.16. The second-order valence-corrected chi connectivity index (χ2v) is 5.88. The van der Waals surface area contributed by atoms with E-state index in [2.05, 4.69) is 37.9 Å². The summed E-state index contributed by atoms with van der Waals surface area (Å²) < 4.78 is 0. The van der Waals surface area contributed by atoms with Gasteiger partial charge in [0.25, 0.3) is 0 Å². The molecule has 1 saturated heterocycles. The number of piperidine rings is 1. The molecule has 0 aromatic carbocycles. The minimum atomic E-state index is -0.134. The average molecular weight is 242 g/mol. The predicted octanol–water partition coefficient (Wildman–Crippen LogP) is 2.00. The van der Waals surface area contributed by atoms with Gasteiger partial charge in [0.1, 0.15) is 0 Å². The predicted molar refractivity (Wildman–Crippen MR) is 73.3 cm³/mol. The van der Waals surface area contributed by atoms with E-state index >= 15 is 0 Å². The highest BCUT2D eigenvalue weighted by atomic mass is 16.3. The minimum absolute atomic E-state index is 0.134. The van der Waals surface area contributed by atoms with Crippen LogP contribution >= 0.6 is 0 Å². The second-order valence-electron chi connectivity index (χ2n) is 5.88. The Morgan fingerprint density at radius 3 is 2.71 bits per heavy atom. The zero-order valence-electron chi connectivity index (χ0n) is 12.0. The van der Waals surface area contributed by atoms with Crippen LogP contribution in [-0.2, 0) is 0 Å². The highest BCUT2D eigenvalue weighted by Crippen LogP contribution is 2.23. The molecular weight excluding hydrogens is 212 g/mol. The van der Waals surface area contributed by atoms with Crippen molar-refractivity contribution in [1.82, 2.24) is 10.2 Å². The topological polar surface area (TPSA) is 35.5 Å². The van der Waals surface area contributed by atoms with Crippen LogP contribution in [0, 0.1) is 0 Å². The molecule has 0 bridgehead atoms. The lowest BCUT2D eigenvalue weighted by Gasteiger charge is -2.41. The number of nitrogens with one attached hydrogen (secondary N) is 1. The van der Waals surface area contributed by atoms with Crippen LogP contribution in [0.5, 0.6) is 0 Å². The zero-order valence-corrected chi connectivity index (χ0v) is 12.0. The van der Waals surface area contributed by atoms with E-state index in [-0.39, 0.29) is 12.1 Å². The first-order valence-corrected chi connectivity index (χ1v) is 7.14. The van der Waals surface area contributed by atoms with Crippen molar-refractivity contribution in [2.75, 3.05) is 19.7 Å². The number of aliphatic hydroxyl groups excluding tert-OH is 1. The van der Waals surface area contributed by atoms with Crippen LogP contribution < -0.4 is 5.32 Å². The molecular formula is C14H30N2O. The monoisotopic (exact) mass is 242 g/mol. The highest BCUT2D eigenvalue weighted by molar-refractivity contribution is 4.89. The van der Waals surface area contributed by atoms with E-state index in [1.54, 1.807) is 0 Å². The van der Waals surface area contributed by atoms with Gasteiger partial charge in [0.15, 0.2) is 0 Å². The van der Waals surface area contributed by atoms with Gasteiger partial charge in [-0.1, -0.05) is 13.3 Å². The molecule has 3 atom stereocenters. The minimum Gasteiger partial charge on any atom is -0.394 e. The van der Waals surface area contributed by atoms with E-state index in [1.165, 1.54) is 25.8 Å². The normalized spacial score (nSPS) is 27.7. The van der Waals surface area contributed by atoms with Gasteiger partial charge in [-0.2, -0.15) is 0 Å². The molecule has 102 valence electrons. The molecule has 0 saturated carbocycles. The van der Waals surface area contributed by atoms with Crippen molar-refractivity contribution in [3.05, 3.63) is 0 Å². The van der Waals surface area contributed by atoms with Crippen molar-refractivity contribution >= 4 is 0 Å². The Balaban J connectivity index is 2.53. The first kappa shape index (κ1) is 14.9. The molecule has 1 heterocycles. The third-order valence-electron chi connectivity index (χ3n) is 4.12. The maximum atomic E-state index is 9.55. The Labute approximate surface area is 107 Å². The first-order chi connectivity index (χ1) is 8.02. The Bertz CT molecular complexity index is 222. The fraction of sp³-hybridized carbons (Fsp3) is 1.00. The molecule has 1 fully saturated rings. The Kier molecular flexibility index (Phi) is 5.90. The van der Waals surface area contributed by atoms with Gasteiger partial charge in [-0.25, -0.2) is 0 Å². The number of hydrogen-bond acceptors (Lipinski definition) is 3. The summed E-state index contributed by atoms with van der Waals surface area (Å²) in [5.74, 6) is 0. The van der Waals surface area contributed by atoms with Gasteiger partial charge in [0.2, 0.25) is 0 Å². The molecule has 2 N–H and O–H groups in total. The molecule has 0 aromatic rings. The van der Waals surface area contributed by atoms with Gasteiger partial charge in [-0.15, -0.1) is 0 Å². The maximum Gasteiger partial charge on any atom is 0.0611 e. The zero-order chi connectivity index (χ0) is 12.9. The van der Waals surface area contributed by atoms with Gasteiger partial charge >= 0.3 is 0 Å². The number of likely N-dealkylation sites (tertiary alicyclic amines) is 1. The van der Waals surface area contributed by atoms with Crippen LogP contribution in [0.1, 0.15) is 53.4 Å². The van der Waals surface area contributed by atoms with Crippen LogP contribution in [0.25, 0.3) is 0 Å². The summed E-state index contributed by atoms with van der Waals surface area (Å²) in [6.45, 7) is 11.2. The molecule has 3 heteroatoms. The third kappa shape index (κ3) is 4.23. The molecule has 0 aliphatic carbocycles. The van der Waals surface area contributed by atoms with Crippen LogP contribution in [0.4, 0.5) is 0 Å². The summed E-state index contributed by atoms with van der Waals surface area (Å²) in [7, 11) is 0. The lowest BCUT2D eigenvalue weighted by molar-refractivity contribution is 0.0728. The van der Waals surface area contributed by atoms with E-state index in [9.17, 15) is 5.11 Å². The van der Waals surface area contributed by atoms with Gasteiger partial charge in [0.05, 0.1) is 6.61 Å². The molecule has 1 aliphatic rings. The van der Waals surface area contributed by atoms with Crippen molar-refractivity contribution < 1.29 is 5.11 Å². The molecule has 0 radical (unpaired) electrons. The number of nitrogens with zero attached hydrogens (tertiary/aromatic N) is 1. The molecule has 1 rings (SSSR count). The van der Waals surface area contributed by atoms with E-state index in [0.717, 1.165) is 13.0 Å². The summed E-state index contributed by atoms with van der Waals surface area (Å²) in [6, 6.07) is 1.24. The smallest absolute Gasteiger partial charge is 0.0611 e. The molecule has 1 aliphatic heterocycles. The maximum absolute atomic E-state index is 9.55. The van der Waals surface area contributed by atoms with Crippen molar-refractivity contribution in [2.45, 2.75) is 71.0 Å². The summed E-state index contributed by atoms with van der Waals surface area (Å²) >= 11 is 0. The van der Waals surface area contributed by atoms with E-state index in [0.29, 0.717) is 12.1 Å². The van der Waals surface area contributed by atoms with Gasteiger partial charge in [-0.05, 0) is 53.1 Å². The fourth-order valence-electron chi connectivity index (χ4n) is 3.16. The standard InChI is InChI=1S/C14H30N2O/c1-5-15-14(4,11-17)10-13(3)16-9-7-6-8-12(16)2/h12-13,15,17H,5-11H2,1-4H3. The molecule has 3 unspecified atom stereocenters. The Morgan fingerprint density at radius 2 is 2.18 bits per heavy atom. The van der Waals surface area contributed by atoms with Crippen LogP contribution in [0.15, 0.2) is 0 Å². The largest absolute Gasteiger partial charge is 0.394 e. The lowest BCUT2D eigenvalue weighted by atomic mass is 9.91. The average Bonchev–Trinajstić information content (AvgIpc) is 2.29. The SMILES string of the molecule is CCNC(C)(CO)CC(C)N1CCCCC1C. The number of likely N-dealkylation sites (N-methyl/N-ethyl adjacent to an activating group) is 1. The van der Waals surface area contributed by atoms with Crippen LogP contribution in [-0.4, -0.2) is 47.3 Å². The van der Waals surface area contributed by atoms with E-state index < -0.39 is 0 Å². The summed E-state index contributed by atoms with van der Waals surface area (Å²) in [5.41, 5.74) is -0.134. The molecule has 0 aromatic heterocycles. The van der Waals surface area contributed by atoms with Crippen molar-refractivity contribution in [3.8, 4) is 0 Å². The molecule has 17 heavy (non-hydrogen) atoms.